The van der Waals surface area contributed by atoms with E-state index in [1.807, 2.05) is 0 Å². The van der Waals surface area contributed by atoms with Gasteiger partial charge in [-0.25, -0.2) is 0 Å². The molecule has 0 spiro atoms. The molecule has 0 radical (unpaired) electrons. The highest BCUT2D eigenvalue weighted by Crippen LogP contribution is 2.19. The summed E-state index contributed by atoms with van der Waals surface area (Å²) in [6.07, 6.45) is 3.64. The maximum atomic E-state index is 3.67. The number of nitrogens with one attached hydrogen (secondary N) is 1. The molecule has 0 aromatic heterocycles. The third-order valence-corrected chi connectivity index (χ3v) is 3.81. The quantitative estimate of drug-likeness (QED) is 0.861. The van der Waals surface area contributed by atoms with Gasteiger partial charge in [-0.3, -0.25) is 0 Å². The molecule has 1 saturated heterocycles. The number of anilines is 1. The predicted octanol–water partition coefficient (Wildman–Crippen LogP) is 3.06. The highest BCUT2D eigenvalue weighted by molar-refractivity contribution is 5.49. The molecule has 17 heavy (non-hydrogen) atoms. The van der Waals surface area contributed by atoms with E-state index in [2.05, 4.69) is 49.3 Å². The maximum absolute atomic E-state index is 3.67. The van der Waals surface area contributed by atoms with Gasteiger partial charge in [0.25, 0.3) is 0 Å². The van der Waals surface area contributed by atoms with Gasteiger partial charge in [-0.05, 0) is 69.6 Å². The van der Waals surface area contributed by atoms with Crippen molar-refractivity contribution in [2.24, 2.45) is 0 Å². The molecule has 1 N–H and O–H groups in total. The Labute approximate surface area is 105 Å². The van der Waals surface area contributed by atoms with E-state index in [1.165, 1.54) is 42.7 Å². The lowest BCUT2D eigenvalue weighted by Crippen LogP contribution is -2.36. The first kappa shape index (κ1) is 12.4. The lowest BCUT2D eigenvalue weighted by molar-refractivity contribution is 0.264. The van der Waals surface area contributed by atoms with E-state index >= 15 is 0 Å². The van der Waals surface area contributed by atoms with Gasteiger partial charge in [0.1, 0.15) is 0 Å². The number of benzene rings is 1. The van der Waals surface area contributed by atoms with E-state index in [-0.39, 0.29) is 0 Å². The minimum atomic E-state index is 0.651. The molecular weight excluding hydrogens is 208 g/mol. The maximum Gasteiger partial charge on any atom is 0.0345 e. The first-order valence-corrected chi connectivity index (χ1v) is 6.73. The number of piperidine rings is 1. The summed E-state index contributed by atoms with van der Waals surface area (Å²) in [5.74, 6) is 0. The molecule has 0 aliphatic carbocycles. The molecule has 1 fully saturated rings. The average Bonchev–Trinajstić information content (AvgIpc) is 2.32. The second kappa shape index (κ2) is 5.54. The molecular formula is C15H24N2. The zero-order valence-electron chi connectivity index (χ0n) is 11.3. The minimum Gasteiger partial charge on any atom is -0.382 e. The summed E-state index contributed by atoms with van der Waals surface area (Å²) in [7, 11) is 2.20. The highest BCUT2D eigenvalue weighted by atomic mass is 15.1. The first-order chi connectivity index (χ1) is 8.19. The van der Waals surface area contributed by atoms with E-state index in [9.17, 15) is 0 Å². The summed E-state index contributed by atoms with van der Waals surface area (Å²) < 4.78 is 0. The van der Waals surface area contributed by atoms with Crippen LogP contribution in [0.4, 0.5) is 5.69 Å². The molecule has 1 aliphatic rings. The number of hydrogen-bond acceptors (Lipinski definition) is 2. The summed E-state index contributed by atoms with van der Waals surface area (Å²) in [5, 5.41) is 3.67. The molecule has 0 bridgehead atoms. The number of hydrogen-bond donors (Lipinski definition) is 1. The topological polar surface area (TPSA) is 15.3 Å². The van der Waals surface area contributed by atoms with Crippen molar-refractivity contribution in [3.05, 3.63) is 29.3 Å². The van der Waals surface area contributed by atoms with Crippen molar-refractivity contribution in [2.75, 3.05) is 25.5 Å². The van der Waals surface area contributed by atoms with Crippen LogP contribution in [0.15, 0.2) is 18.2 Å². The zero-order chi connectivity index (χ0) is 12.3. The van der Waals surface area contributed by atoms with Crippen LogP contribution in [-0.2, 0) is 6.42 Å². The third-order valence-electron chi connectivity index (χ3n) is 3.81. The van der Waals surface area contributed by atoms with Crippen molar-refractivity contribution in [2.45, 2.75) is 39.2 Å². The van der Waals surface area contributed by atoms with Gasteiger partial charge < -0.3 is 10.2 Å². The van der Waals surface area contributed by atoms with Crippen LogP contribution in [-0.4, -0.2) is 31.1 Å². The van der Waals surface area contributed by atoms with Crippen molar-refractivity contribution in [3.8, 4) is 0 Å². The Morgan fingerprint density at radius 2 is 2.00 bits per heavy atom. The molecule has 2 rings (SSSR count). The van der Waals surface area contributed by atoms with Crippen molar-refractivity contribution >= 4 is 5.69 Å². The lowest BCUT2D eigenvalue weighted by atomic mass is 10.0. The Morgan fingerprint density at radius 1 is 1.29 bits per heavy atom. The van der Waals surface area contributed by atoms with Gasteiger partial charge in [0.15, 0.2) is 0 Å². The first-order valence-electron chi connectivity index (χ1n) is 6.73. The van der Waals surface area contributed by atoms with Crippen molar-refractivity contribution in [1.29, 1.82) is 0 Å². The monoisotopic (exact) mass is 232 g/mol. The molecule has 1 aromatic rings. The number of rotatable bonds is 3. The van der Waals surface area contributed by atoms with Crippen LogP contribution < -0.4 is 5.32 Å². The third kappa shape index (κ3) is 3.22. The van der Waals surface area contributed by atoms with E-state index in [0.29, 0.717) is 6.04 Å². The largest absolute Gasteiger partial charge is 0.382 e. The summed E-state index contributed by atoms with van der Waals surface area (Å²) in [6, 6.07) is 7.42. The number of aryl methyl sites for hydroxylation is 2. The minimum absolute atomic E-state index is 0.651. The van der Waals surface area contributed by atoms with Gasteiger partial charge in [0.2, 0.25) is 0 Å². The predicted molar refractivity (Wildman–Crippen MR) is 74.7 cm³/mol. The summed E-state index contributed by atoms with van der Waals surface area (Å²) in [6.45, 7) is 6.85. The standard InChI is InChI=1S/C15H24N2/c1-4-13-5-6-15(11-12(13)2)16-14-7-9-17(3)10-8-14/h5-6,11,14,16H,4,7-10H2,1-3H3. The zero-order valence-corrected chi connectivity index (χ0v) is 11.3. The fourth-order valence-electron chi connectivity index (χ4n) is 2.57. The SMILES string of the molecule is CCc1ccc(NC2CCN(C)CC2)cc1C. The van der Waals surface area contributed by atoms with Crippen LogP contribution >= 0.6 is 0 Å². The van der Waals surface area contributed by atoms with Gasteiger partial charge in [-0.1, -0.05) is 13.0 Å². The van der Waals surface area contributed by atoms with Crippen LogP contribution in [0.5, 0.6) is 0 Å². The van der Waals surface area contributed by atoms with Crippen LogP contribution in [0.2, 0.25) is 0 Å². The second-order valence-corrected chi connectivity index (χ2v) is 5.22. The van der Waals surface area contributed by atoms with Gasteiger partial charge in [-0.2, -0.15) is 0 Å². The van der Waals surface area contributed by atoms with E-state index in [0.717, 1.165) is 6.42 Å². The molecule has 2 heteroatoms. The normalized spacial score (nSPS) is 18.3. The van der Waals surface area contributed by atoms with Gasteiger partial charge in [0, 0.05) is 11.7 Å². The molecule has 0 unspecified atom stereocenters. The van der Waals surface area contributed by atoms with Crippen LogP contribution in [0, 0.1) is 6.92 Å². The Hall–Kier alpha value is -1.02. The van der Waals surface area contributed by atoms with E-state index in [4.69, 9.17) is 0 Å². The molecule has 1 aromatic carbocycles. The second-order valence-electron chi connectivity index (χ2n) is 5.22. The molecule has 1 aliphatic heterocycles. The van der Waals surface area contributed by atoms with Crippen molar-refractivity contribution < 1.29 is 0 Å². The molecule has 2 nitrogen and oxygen atoms in total. The highest BCUT2D eigenvalue weighted by Gasteiger charge is 2.16. The summed E-state index contributed by atoms with van der Waals surface area (Å²) >= 11 is 0. The van der Waals surface area contributed by atoms with Crippen LogP contribution in [0.25, 0.3) is 0 Å². The Bertz CT molecular complexity index is 365. The van der Waals surface area contributed by atoms with Crippen LogP contribution in [0.3, 0.4) is 0 Å². The number of nitrogens with zero attached hydrogens (tertiary/aromatic N) is 1. The Kier molecular flexibility index (Phi) is 4.06. The molecule has 0 atom stereocenters. The van der Waals surface area contributed by atoms with Crippen molar-refractivity contribution in [1.82, 2.24) is 4.90 Å². The molecule has 94 valence electrons. The van der Waals surface area contributed by atoms with Gasteiger partial charge >= 0.3 is 0 Å². The fraction of sp³-hybridized carbons (Fsp3) is 0.600. The Morgan fingerprint density at radius 3 is 2.59 bits per heavy atom. The van der Waals surface area contributed by atoms with E-state index in [1.54, 1.807) is 0 Å². The van der Waals surface area contributed by atoms with Crippen LogP contribution in [0.1, 0.15) is 30.9 Å². The lowest BCUT2D eigenvalue weighted by Gasteiger charge is -2.30. The fourth-order valence-corrected chi connectivity index (χ4v) is 2.57. The number of likely N-dealkylation sites (tertiary alicyclic amines) is 1. The van der Waals surface area contributed by atoms with Gasteiger partial charge in [-0.15, -0.1) is 0 Å². The van der Waals surface area contributed by atoms with Crippen molar-refractivity contribution in [3.63, 3.8) is 0 Å². The Balaban J connectivity index is 1.97. The van der Waals surface area contributed by atoms with E-state index < -0.39 is 0 Å². The molecule has 1 heterocycles. The smallest absolute Gasteiger partial charge is 0.0345 e. The van der Waals surface area contributed by atoms with Gasteiger partial charge in [0.05, 0.1) is 0 Å². The molecule has 0 amide bonds. The summed E-state index contributed by atoms with van der Waals surface area (Å²) in [4.78, 5) is 2.41. The average molecular weight is 232 g/mol. The summed E-state index contributed by atoms with van der Waals surface area (Å²) in [5.41, 5.74) is 4.15. The molecule has 0 saturated carbocycles.